The molecule has 18 heavy (non-hydrogen) atoms. The van der Waals surface area contributed by atoms with E-state index in [-0.39, 0.29) is 0 Å². The van der Waals surface area contributed by atoms with Gasteiger partial charge in [0.2, 0.25) is 0 Å². The van der Waals surface area contributed by atoms with Crippen LogP contribution in [0.5, 0.6) is 0 Å². The summed E-state index contributed by atoms with van der Waals surface area (Å²) in [5.74, 6) is 0. The monoisotopic (exact) mass is 277 g/mol. The van der Waals surface area contributed by atoms with Crippen molar-refractivity contribution in [3.8, 4) is 0 Å². The van der Waals surface area contributed by atoms with Gasteiger partial charge in [-0.1, -0.05) is 0 Å². The number of rotatable bonds is 7. The maximum atomic E-state index is 11.4. The summed E-state index contributed by atoms with van der Waals surface area (Å²) in [5, 5.41) is 0. The van der Waals surface area contributed by atoms with Crippen LogP contribution in [-0.4, -0.2) is 44.6 Å². The first-order chi connectivity index (χ1) is 8.09. The fourth-order valence-electron chi connectivity index (χ4n) is 3.12. The van der Waals surface area contributed by atoms with Crippen LogP contribution in [0.25, 0.3) is 0 Å². The van der Waals surface area contributed by atoms with Gasteiger partial charge in [-0.15, -0.1) is 9.34 Å². The molecule has 0 aliphatic rings. The summed E-state index contributed by atoms with van der Waals surface area (Å²) in [6.45, 7) is 19.6. The van der Waals surface area contributed by atoms with Crippen LogP contribution in [0.4, 0.5) is 0 Å². The number of nitrogens with zero attached hydrogens (tertiary/aromatic N) is 2. The maximum Gasteiger partial charge on any atom is 0.286 e. The first-order valence-electron chi connectivity index (χ1n) is 7.27. The van der Waals surface area contributed by atoms with Crippen LogP contribution in [0, 0.1) is 0 Å². The third-order valence-corrected chi connectivity index (χ3v) is 7.46. The molecule has 1 N–H and O–H groups in total. The summed E-state index contributed by atoms with van der Waals surface area (Å²) in [4.78, 5) is 11.4. The fraction of sp³-hybridized carbons (Fsp3) is 1.00. The quantitative estimate of drug-likeness (QED) is 0.713. The Morgan fingerprint density at radius 3 is 1.06 bits per heavy atom. The van der Waals surface area contributed by atoms with E-state index in [9.17, 15) is 4.89 Å². The molecule has 0 heterocycles. The van der Waals surface area contributed by atoms with Crippen molar-refractivity contribution in [2.24, 2.45) is 0 Å². The first kappa shape index (κ1) is 18.3. The van der Waals surface area contributed by atoms with Crippen molar-refractivity contribution in [1.29, 1.82) is 0 Å². The highest BCUT2D eigenvalue weighted by molar-refractivity contribution is 7.65. The minimum atomic E-state index is -2.23. The van der Waals surface area contributed by atoms with Crippen molar-refractivity contribution in [3.05, 3.63) is 0 Å². The van der Waals surface area contributed by atoms with Gasteiger partial charge >= 0.3 is 0 Å². The van der Waals surface area contributed by atoms with Crippen molar-refractivity contribution >= 4 is 7.79 Å². The minimum Gasteiger partial charge on any atom is -0.213 e. The van der Waals surface area contributed by atoms with E-state index < -0.39 is 7.79 Å². The molecule has 0 saturated heterocycles. The zero-order valence-corrected chi connectivity index (χ0v) is 14.7. The summed E-state index contributed by atoms with van der Waals surface area (Å²) < 4.78 is 4.65. The van der Waals surface area contributed by atoms with Gasteiger partial charge in [-0.2, -0.15) is 0 Å². The predicted molar refractivity (Wildman–Crippen MR) is 83.9 cm³/mol. The Morgan fingerprint density at radius 1 is 0.722 bits per heavy atom. The lowest BCUT2D eigenvalue weighted by atomic mass is 10.3. The Balaban J connectivity index is 5.53. The lowest BCUT2D eigenvalue weighted by Gasteiger charge is -2.44. The molecule has 0 amide bonds. The van der Waals surface area contributed by atoms with Crippen molar-refractivity contribution in [2.75, 3.05) is 6.16 Å². The molecule has 0 aliphatic carbocycles. The average Bonchev–Trinajstić information content (AvgIpc) is 2.14. The topological polar surface area (TPSA) is 26.7 Å². The van der Waals surface area contributed by atoms with Gasteiger partial charge in [-0.25, -0.2) is 4.89 Å². The Hall–Kier alpha value is 0.310. The Kier molecular flexibility index (Phi) is 7.31. The third-order valence-electron chi connectivity index (χ3n) is 3.28. The molecule has 3 nitrogen and oxygen atoms in total. The molecule has 0 fully saturated rings. The van der Waals surface area contributed by atoms with E-state index in [1.807, 2.05) is 0 Å². The van der Waals surface area contributed by atoms with E-state index in [2.05, 4.69) is 71.7 Å². The van der Waals surface area contributed by atoms with Crippen molar-refractivity contribution < 1.29 is 4.89 Å². The highest BCUT2D eigenvalue weighted by atomic mass is 31.2. The van der Waals surface area contributed by atoms with Gasteiger partial charge in [-0.3, -0.25) is 0 Å². The fourth-order valence-corrected chi connectivity index (χ4v) is 6.97. The van der Waals surface area contributed by atoms with E-state index in [1.165, 1.54) is 0 Å². The SMILES string of the molecule is CC[P+](O)(N(C(C)C)C(C)C)N(C(C)C)C(C)C. The molecule has 0 aliphatic heterocycles. The summed E-state index contributed by atoms with van der Waals surface area (Å²) in [6.07, 6.45) is 0.819. The lowest BCUT2D eigenvalue weighted by molar-refractivity contribution is 0.204. The van der Waals surface area contributed by atoms with Crippen LogP contribution < -0.4 is 0 Å². The molecule has 0 rings (SSSR count). The van der Waals surface area contributed by atoms with Gasteiger partial charge in [0.25, 0.3) is 7.79 Å². The predicted octanol–water partition coefficient (Wildman–Crippen LogP) is 4.00. The van der Waals surface area contributed by atoms with Crippen LogP contribution >= 0.6 is 7.79 Å². The molecule has 0 atom stereocenters. The Morgan fingerprint density at radius 2 is 0.944 bits per heavy atom. The summed E-state index contributed by atoms with van der Waals surface area (Å²) in [7, 11) is -2.23. The van der Waals surface area contributed by atoms with Gasteiger partial charge in [0.1, 0.15) is 6.16 Å². The second-order valence-electron chi connectivity index (χ2n) is 6.14. The second kappa shape index (κ2) is 7.19. The van der Waals surface area contributed by atoms with Gasteiger partial charge in [-0.05, 0) is 62.3 Å². The van der Waals surface area contributed by atoms with E-state index >= 15 is 0 Å². The molecule has 0 aromatic heterocycles. The van der Waals surface area contributed by atoms with E-state index in [0.717, 1.165) is 6.16 Å². The molecule has 0 radical (unpaired) electrons. The molecule has 0 saturated carbocycles. The molecule has 0 spiro atoms. The van der Waals surface area contributed by atoms with Gasteiger partial charge in [0.15, 0.2) is 0 Å². The van der Waals surface area contributed by atoms with Crippen LogP contribution in [0.1, 0.15) is 62.3 Å². The van der Waals surface area contributed by atoms with E-state index in [4.69, 9.17) is 0 Å². The molecular formula is C14H34N2OP+. The molecule has 0 aromatic rings. The largest absolute Gasteiger partial charge is 0.286 e. The zero-order valence-electron chi connectivity index (χ0n) is 13.8. The van der Waals surface area contributed by atoms with Gasteiger partial charge in [0.05, 0.1) is 0 Å². The molecule has 0 aromatic carbocycles. The normalized spacial score (nSPS) is 14.0. The Bertz CT molecular complexity index is 206. The molecule has 4 heteroatoms. The Labute approximate surface area is 115 Å². The lowest BCUT2D eigenvalue weighted by Crippen LogP contribution is -2.48. The summed E-state index contributed by atoms with van der Waals surface area (Å²) in [6, 6.07) is 1.46. The van der Waals surface area contributed by atoms with Crippen LogP contribution in [0.3, 0.4) is 0 Å². The summed E-state index contributed by atoms with van der Waals surface area (Å²) >= 11 is 0. The minimum absolute atomic E-state index is 0.364. The van der Waals surface area contributed by atoms with Gasteiger partial charge in [0, 0.05) is 24.2 Å². The standard InChI is InChI=1S/C14H34N2OP/c1-10-18(17,15(11(2)3)12(4)5)16(13(6)7)14(8)9/h11-14,17H,10H2,1-9H3/q+1. The smallest absolute Gasteiger partial charge is 0.213 e. The number of hydrogen-bond acceptors (Lipinski definition) is 3. The average molecular weight is 277 g/mol. The molecule has 110 valence electrons. The van der Waals surface area contributed by atoms with Crippen molar-refractivity contribution in [1.82, 2.24) is 9.34 Å². The van der Waals surface area contributed by atoms with E-state index in [0.29, 0.717) is 24.2 Å². The van der Waals surface area contributed by atoms with E-state index in [1.54, 1.807) is 0 Å². The highest BCUT2D eigenvalue weighted by Crippen LogP contribution is 2.64. The molecule has 0 unspecified atom stereocenters. The van der Waals surface area contributed by atoms with Gasteiger partial charge < -0.3 is 0 Å². The van der Waals surface area contributed by atoms with Crippen LogP contribution in [0.15, 0.2) is 0 Å². The highest BCUT2D eigenvalue weighted by Gasteiger charge is 2.52. The summed E-state index contributed by atoms with van der Waals surface area (Å²) in [5.41, 5.74) is 0. The first-order valence-corrected chi connectivity index (χ1v) is 9.11. The maximum absolute atomic E-state index is 11.4. The van der Waals surface area contributed by atoms with Crippen molar-refractivity contribution in [3.63, 3.8) is 0 Å². The van der Waals surface area contributed by atoms with Crippen LogP contribution in [0.2, 0.25) is 0 Å². The molecule has 0 bridgehead atoms. The van der Waals surface area contributed by atoms with Crippen LogP contribution in [-0.2, 0) is 0 Å². The molecular weight excluding hydrogens is 243 g/mol. The second-order valence-corrected chi connectivity index (χ2v) is 9.09. The number of hydrogen-bond donors (Lipinski definition) is 1. The van der Waals surface area contributed by atoms with Crippen molar-refractivity contribution in [2.45, 2.75) is 86.5 Å². The zero-order chi connectivity index (χ0) is 14.7. The third kappa shape index (κ3) is 3.90.